The second kappa shape index (κ2) is 10.8. The molecule has 0 saturated heterocycles. The van der Waals surface area contributed by atoms with Crippen LogP contribution >= 0.6 is 11.8 Å². The second-order valence-corrected chi connectivity index (χ2v) is 8.58. The SMILES string of the molecule is C#CCN(Cc1ccc(C)cc1)C(=O)c1cccnc1SCC(=O)Nc1ccc2c(c1)OCO2. The van der Waals surface area contributed by atoms with Gasteiger partial charge in [-0.2, -0.15) is 0 Å². The van der Waals surface area contributed by atoms with Gasteiger partial charge in [-0.3, -0.25) is 9.59 Å². The lowest BCUT2D eigenvalue weighted by Crippen LogP contribution is -2.31. The Morgan fingerprint density at radius 3 is 2.74 bits per heavy atom. The molecule has 7 nitrogen and oxygen atoms in total. The minimum absolute atomic E-state index is 0.0822. The number of rotatable bonds is 8. The summed E-state index contributed by atoms with van der Waals surface area (Å²) in [5, 5.41) is 3.30. The Hall–Kier alpha value is -3.96. The van der Waals surface area contributed by atoms with Gasteiger partial charge in [0, 0.05) is 24.5 Å². The molecule has 0 fully saturated rings. The first-order valence-electron chi connectivity index (χ1n) is 10.6. The quantitative estimate of drug-likeness (QED) is 0.392. The lowest BCUT2D eigenvalue weighted by molar-refractivity contribution is -0.113. The van der Waals surface area contributed by atoms with E-state index in [1.165, 1.54) is 11.8 Å². The third-order valence-electron chi connectivity index (χ3n) is 5.06. The summed E-state index contributed by atoms with van der Waals surface area (Å²) in [4.78, 5) is 31.8. The number of nitrogens with one attached hydrogen (secondary N) is 1. The molecule has 2 heterocycles. The number of hydrogen-bond acceptors (Lipinski definition) is 6. The van der Waals surface area contributed by atoms with Crippen molar-refractivity contribution in [1.29, 1.82) is 0 Å². The predicted molar refractivity (Wildman–Crippen MR) is 131 cm³/mol. The number of anilines is 1. The van der Waals surface area contributed by atoms with E-state index in [0.717, 1.165) is 11.1 Å². The molecular weight excluding hydrogens is 450 g/mol. The molecule has 1 aliphatic rings. The molecule has 1 N–H and O–H groups in total. The zero-order valence-corrected chi connectivity index (χ0v) is 19.4. The fraction of sp³-hybridized carbons (Fsp3) is 0.192. The lowest BCUT2D eigenvalue weighted by atomic mass is 10.1. The van der Waals surface area contributed by atoms with E-state index < -0.39 is 0 Å². The van der Waals surface area contributed by atoms with Gasteiger partial charge in [-0.05, 0) is 36.8 Å². The zero-order chi connectivity index (χ0) is 23.9. The van der Waals surface area contributed by atoms with E-state index in [4.69, 9.17) is 15.9 Å². The number of aromatic nitrogens is 1. The second-order valence-electron chi connectivity index (χ2n) is 7.61. The smallest absolute Gasteiger partial charge is 0.257 e. The molecule has 0 atom stereocenters. The van der Waals surface area contributed by atoms with Crippen LogP contribution in [0.25, 0.3) is 0 Å². The number of amides is 2. The van der Waals surface area contributed by atoms with E-state index in [2.05, 4.69) is 16.2 Å². The highest BCUT2D eigenvalue weighted by atomic mass is 32.2. The molecule has 2 aromatic carbocycles. The number of thioether (sulfide) groups is 1. The number of carbonyl (C=O) groups excluding carboxylic acids is 2. The van der Waals surface area contributed by atoms with Crippen LogP contribution in [-0.4, -0.2) is 40.8 Å². The molecule has 2 amide bonds. The van der Waals surface area contributed by atoms with Crippen LogP contribution in [0.5, 0.6) is 11.5 Å². The van der Waals surface area contributed by atoms with Gasteiger partial charge in [0.05, 0.1) is 17.9 Å². The number of benzene rings is 2. The van der Waals surface area contributed by atoms with Crippen molar-refractivity contribution in [3.05, 3.63) is 77.5 Å². The van der Waals surface area contributed by atoms with E-state index in [0.29, 0.717) is 34.3 Å². The predicted octanol–water partition coefficient (Wildman–Crippen LogP) is 4.13. The molecule has 172 valence electrons. The number of terminal acetylenes is 1. The fourth-order valence-corrected chi connectivity index (χ4v) is 4.15. The monoisotopic (exact) mass is 473 g/mol. The average Bonchev–Trinajstić information content (AvgIpc) is 3.31. The van der Waals surface area contributed by atoms with Crippen molar-refractivity contribution >= 4 is 29.3 Å². The first-order valence-corrected chi connectivity index (χ1v) is 11.6. The fourth-order valence-electron chi connectivity index (χ4n) is 3.37. The van der Waals surface area contributed by atoms with Crippen LogP contribution in [0.2, 0.25) is 0 Å². The van der Waals surface area contributed by atoms with Gasteiger partial charge < -0.3 is 19.7 Å². The summed E-state index contributed by atoms with van der Waals surface area (Å²) in [5.74, 6) is 3.41. The number of hydrogen-bond donors (Lipinski definition) is 1. The van der Waals surface area contributed by atoms with Crippen LogP contribution in [0.3, 0.4) is 0 Å². The van der Waals surface area contributed by atoms with Gasteiger partial charge in [-0.25, -0.2) is 4.98 Å². The molecule has 34 heavy (non-hydrogen) atoms. The van der Waals surface area contributed by atoms with Crippen molar-refractivity contribution in [3.63, 3.8) is 0 Å². The molecule has 0 bridgehead atoms. The van der Waals surface area contributed by atoms with Gasteiger partial charge in [-0.15, -0.1) is 6.42 Å². The van der Waals surface area contributed by atoms with Crippen LogP contribution in [0.15, 0.2) is 65.8 Å². The molecule has 4 rings (SSSR count). The van der Waals surface area contributed by atoms with E-state index in [1.54, 1.807) is 41.4 Å². The Labute approximate surface area is 202 Å². The largest absolute Gasteiger partial charge is 0.454 e. The Kier molecular flexibility index (Phi) is 7.35. The topological polar surface area (TPSA) is 80.8 Å². The summed E-state index contributed by atoms with van der Waals surface area (Å²) < 4.78 is 10.6. The van der Waals surface area contributed by atoms with Gasteiger partial charge in [-0.1, -0.05) is 47.5 Å². The molecule has 0 saturated carbocycles. The number of aryl methyl sites for hydroxylation is 1. The maximum Gasteiger partial charge on any atom is 0.257 e. The van der Waals surface area contributed by atoms with Crippen LogP contribution in [0.4, 0.5) is 5.69 Å². The Balaban J connectivity index is 1.42. The van der Waals surface area contributed by atoms with Gasteiger partial charge in [0.15, 0.2) is 11.5 Å². The van der Waals surface area contributed by atoms with Gasteiger partial charge >= 0.3 is 0 Å². The van der Waals surface area contributed by atoms with Crippen LogP contribution in [0.1, 0.15) is 21.5 Å². The summed E-state index contributed by atoms with van der Waals surface area (Å²) in [5.41, 5.74) is 3.13. The minimum atomic E-state index is -0.231. The van der Waals surface area contributed by atoms with Crippen molar-refractivity contribution in [1.82, 2.24) is 9.88 Å². The molecule has 0 aliphatic carbocycles. The molecule has 3 aromatic rings. The van der Waals surface area contributed by atoms with Crippen molar-refractivity contribution in [2.45, 2.75) is 18.5 Å². The Morgan fingerprint density at radius 1 is 1.15 bits per heavy atom. The van der Waals surface area contributed by atoms with Crippen LogP contribution < -0.4 is 14.8 Å². The summed E-state index contributed by atoms with van der Waals surface area (Å²) in [6.45, 7) is 2.72. The van der Waals surface area contributed by atoms with Gasteiger partial charge in [0.2, 0.25) is 12.7 Å². The molecule has 8 heteroatoms. The highest BCUT2D eigenvalue weighted by Crippen LogP contribution is 2.34. The van der Waals surface area contributed by atoms with E-state index in [9.17, 15) is 9.59 Å². The molecule has 1 aliphatic heterocycles. The number of ether oxygens (including phenoxy) is 2. The number of fused-ring (bicyclic) bond motifs is 1. The standard InChI is InChI=1S/C26H23N3O4S/c1-3-13-29(15-19-8-6-18(2)7-9-19)26(31)21-5-4-12-27-25(21)34-16-24(30)28-20-10-11-22-23(14-20)33-17-32-22/h1,4-12,14H,13,15-17H2,2H3,(H,28,30). The van der Waals surface area contributed by atoms with Crippen molar-refractivity contribution < 1.29 is 19.1 Å². The summed E-state index contributed by atoms with van der Waals surface area (Å²) in [7, 11) is 0. The zero-order valence-electron chi connectivity index (χ0n) is 18.6. The Morgan fingerprint density at radius 2 is 1.94 bits per heavy atom. The first kappa shape index (κ1) is 23.2. The molecule has 1 aromatic heterocycles. The Bertz CT molecular complexity index is 1240. The maximum atomic E-state index is 13.3. The van der Waals surface area contributed by atoms with Crippen LogP contribution in [-0.2, 0) is 11.3 Å². The molecule has 0 unspecified atom stereocenters. The van der Waals surface area contributed by atoms with Crippen LogP contribution in [0, 0.1) is 19.3 Å². The van der Waals surface area contributed by atoms with Crippen molar-refractivity contribution in [2.24, 2.45) is 0 Å². The van der Waals surface area contributed by atoms with Gasteiger partial charge in [0.1, 0.15) is 5.03 Å². The van der Waals surface area contributed by atoms with E-state index in [1.807, 2.05) is 31.2 Å². The highest BCUT2D eigenvalue weighted by Gasteiger charge is 2.21. The maximum absolute atomic E-state index is 13.3. The lowest BCUT2D eigenvalue weighted by Gasteiger charge is -2.21. The number of carbonyl (C=O) groups is 2. The van der Waals surface area contributed by atoms with E-state index in [-0.39, 0.29) is 30.9 Å². The number of nitrogens with zero attached hydrogens (tertiary/aromatic N) is 2. The third-order valence-corrected chi connectivity index (χ3v) is 6.07. The molecular formula is C26H23N3O4S. The third kappa shape index (κ3) is 5.69. The summed E-state index contributed by atoms with van der Waals surface area (Å²) in [6.07, 6.45) is 7.13. The minimum Gasteiger partial charge on any atom is -0.454 e. The molecule has 0 radical (unpaired) electrons. The number of pyridine rings is 1. The van der Waals surface area contributed by atoms with Gasteiger partial charge in [0.25, 0.3) is 5.91 Å². The highest BCUT2D eigenvalue weighted by molar-refractivity contribution is 8.00. The van der Waals surface area contributed by atoms with Crippen molar-refractivity contribution in [3.8, 4) is 23.8 Å². The normalized spacial score (nSPS) is 11.5. The average molecular weight is 474 g/mol. The summed E-state index contributed by atoms with van der Waals surface area (Å²) >= 11 is 1.19. The summed E-state index contributed by atoms with van der Waals surface area (Å²) in [6, 6.07) is 16.6. The molecule has 0 spiro atoms. The van der Waals surface area contributed by atoms with E-state index >= 15 is 0 Å². The van der Waals surface area contributed by atoms with Crippen molar-refractivity contribution in [2.75, 3.05) is 24.4 Å². The first-order chi connectivity index (χ1) is 16.5.